The standard InChI is InChI=1S/C17H14FN5O2/c18-14-5-1-13(2-6-14)11-25-15-7-3-12(4-8-15)9-19-22-16-10-20-23-17(24)21-16/h1-10H,11H2,(H2,21,22,23,24)/b19-9+. The molecule has 0 radical (unpaired) electrons. The SMILES string of the molecule is O=c1nc(N/N=C/c2ccc(OCc3ccc(F)cc3)cc2)cn[nH]1. The topological polar surface area (TPSA) is 92.3 Å². The van der Waals surface area contributed by atoms with Crippen molar-refractivity contribution in [2.75, 3.05) is 5.43 Å². The number of nitrogens with zero attached hydrogens (tertiary/aromatic N) is 3. The molecule has 0 unspecified atom stereocenters. The lowest BCUT2D eigenvalue weighted by Gasteiger charge is -2.06. The van der Waals surface area contributed by atoms with Crippen LogP contribution in [-0.2, 0) is 6.61 Å². The van der Waals surface area contributed by atoms with Gasteiger partial charge in [0.15, 0.2) is 5.82 Å². The molecule has 0 aliphatic heterocycles. The van der Waals surface area contributed by atoms with Gasteiger partial charge < -0.3 is 4.74 Å². The van der Waals surface area contributed by atoms with E-state index in [0.29, 0.717) is 12.4 Å². The number of hydrogen-bond donors (Lipinski definition) is 2. The zero-order chi connectivity index (χ0) is 17.5. The van der Waals surface area contributed by atoms with E-state index >= 15 is 0 Å². The number of halogens is 1. The number of anilines is 1. The molecule has 0 fully saturated rings. The summed E-state index contributed by atoms with van der Waals surface area (Å²) >= 11 is 0. The number of benzene rings is 2. The van der Waals surface area contributed by atoms with Crippen molar-refractivity contribution in [1.29, 1.82) is 0 Å². The van der Waals surface area contributed by atoms with Crippen molar-refractivity contribution in [3.8, 4) is 5.75 Å². The van der Waals surface area contributed by atoms with Gasteiger partial charge in [0.1, 0.15) is 18.2 Å². The number of aromatic nitrogens is 3. The van der Waals surface area contributed by atoms with Crippen LogP contribution in [0.5, 0.6) is 5.75 Å². The van der Waals surface area contributed by atoms with E-state index in [9.17, 15) is 9.18 Å². The average molecular weight is 339 g/mol. The van der Waals surface area contributed by atoms with E-state index in [1.807, 2.05) is 12.1 Å². The van der Waals surface area contributed by atoms with Gasteiger partial charge in [-0.05, 0) is 47.5 Å². The van der Waals surface area contributed by atoms with Gasteiger partial charge in [0.25, 0.3) is 0 Å². The molecule has 7 nitrogen and oxygen atoms in total. The van der Waals surface area contributed by atoms with E-state index in [1.165, 1.54) is 18.3 Å². The van der Waals surface area contributed by atoms with Gasteiger partial charge in [-0.25, -0.2) is 14.3 Å². The average Bonchev–Trinajstić information content (AvgIpc) is 2.62. The summed E-state index contributed by atoms with van der Waals surface area (Å²) in [5.41, 5.74) is 3.78. The smallest absolute Gasteiger partial charge is 0.363 e. The molecule has 0 saturated carbocycles. The Hall–Kier alpha value is -3.55. The van der Waals surface area contributed by atoms with Crippen LogP contribution in [0.25, 0.3) is 0 Å². The maximum Gasteiger partial charge on any atom is 0.363 e. The van der Waals surface area contributed by atoms with E-state index in [4.69, 9.17) is 4.74 Å². The predicted molar refractivity (Wildman–Crippen MR) is 91.0 cm³/mol. The van der Waals surface area contributed by atoms with Gasteiger partial charge >= 0.3 is 5.69 Å². The summed E-state index contributed by atoms with van der Waals surface area (Å²) in [6, 6.07) is 13.4. The van der Waals surface area contributed by atoms with Crippen molar-refractivity contribution < 1.29 is 9.13 Å². The third-order valence-electron chi connectivity index (χ3n) is 3.16. The zero-order valence-electron chi connectivity index (χ0n) is 13.0. The van der Waals surface area contributed by atoms with E-state index in [2.05, 4.69) is 25.7 Å². The summed E-state index contributed by atoms with van der Waals surface area (Å²) in [5.74, 6) is 0.668. The highest BCUT2D eigenvalue weighted by Gasteiger charge is 1.98. The van der Waals surface area contributed by atoms with E-state index in [1.54, 1.807) is 30.5 Å². The maximum atomic E-state index is 12.8. The molecule has 0 atom stereocenters. The van der Waals surface area contributed by atoms with Crippen molar-refractivity contribution in [2.24, 2.45) is 5.10 Å². The number of H-pyrrole nitrogens is 1. The Bertz CT molecular complexity index is 907. The second kappa shape index (κ2) is 7.82. The largest absolute Gasteiger partial charge is 0.489 e. The lowest BCUT2D eigenvalue weighted by molar-refractivity contribution is 0.306. The summed E-state index contributed by atoms with van der Waals surface area (Å²) in [5, 5.41) is 9.75. The number of aromatic amines is 1. The second-order valence-electron chi connectivity index (χ2n) is 5.03. The number of nitrogens with one attached hydrogen (secondary N) is 2. The second-order valence-corrected chi connectivity index (χ2v) is 5.03. The van der Waals surface area contributed by atoms with Crippen LogP contribution in [-0.4, -0.2) is 21.4 Å². The molecule has 126 valence electrons. The minimum Gasteiger partial charge on any atom is -0.489 e. The summed E-state index contributed by atoms with van der Waals surface area (Å²) in [6.45, 7) is 0.358. The van der Waals surface area contributed by atoms with Crippen molar-refractivity contribution in [2.45, 2.75) is 6.61 Å². The fraction of sp³-hybridized carbons (Fsp3) is 0.0588. The number of hydrogen-bond acceptors (Lipinski definition) is 6. The first-order valence-electron chi connectivity index (χ1n) is 7.37. The number of ether oxygens (including phenoxy) is 1. The fourth-order valence-electron chi connectivity index (χ4n) is 1.94. The Kier molecular flexibility index (Phi) is 5.10. The van der Waals surface area contributed by atoms with Gasteiger partial charge in [0.05, 0.1) is 12.4 Å². The van der Waals surface area contributed by atoms with Crippen molar-refractivity contribution >= 4 is 12.0 Å². The van der Waals surface area contributed by atoms with Crippen LogP contribution in [0.2, 0.25) is 0 Å². The molecule has 3 rings (SSSR count). The van der Waals surface area contributed by atoms with Crippen molar-refractivity contribution in [3.63, 3.8) is 0 Å². The van der Waals surface area contributed by atoms with Crippen LogP contribution < -0.4 is 15.9 Å². The molecular formula is C17H14FN5O2. The van der Waals surface area contributed by atoms with Crippen LogP contribution in [0.1, 0.15) is 11.1 Å². The molecule has 0 saturated heterocycles. The Morgan fingerprint density at radius 3 is 2.64 bits per heavy atom. The highest BCUT2D eigenvalue weighted by atomic mass is 19.1. The van der Waals surface area contributed by atoms with Crippen LogP contribution >= 0.6 is 0 Å². The molecule has 1 aromatic heterocycles. The Labute approximate surface area is 142 Å². The Morgan fingerprint density at radius 2 is 1.92 bits per heavy atom. The molecule has 2 aromatic carbocycles. The third-order valence-corrected chi connectivity index (χ3v) is 3.16. The lowest BCUT2D eigenvalue weighted by atomic mass is 10.2. The Morgan fingerprint density at radius 1 is 1.16 bits per heavy atom. The van der Waals surface area contributed by atoms with Gasteiger partial charge in [-0.2, -0.15) is 15.2 Å². The predicted octanol–water partition coefficient (Wildman–Crippen LogP) is 2.33. The quantitative estimate of drug-likeness (QED) is 0.531. The molecule has 2 N–H and O–H groups in total. The van der Waals surface area contributed by atoms with Crippen molar-refractivity contribution in [3.05, 3.63) is 82.2 Å². The molecular weight excluding hydrogens is 325 g/mol. The molecule has 0 bridgehead atoms. The first kappa shape index (κ1) is 16.3. The van der Waals surface area contributed by atoms with Crippen LogP contribution in [0, 0.1) is 5.82 Å². The van der Waals surface area contributed by atoms with Gasteiger partial charge in [0.2, 0.25) is 0 Å². The normalized spacial score (nSPS) is 10.8. The molecule has 0 aliphatic rings. The summed E-state index contributed by atoms with van der Waals surface area (Å²) in [7, 11) is 0. The molecule has 0 spiro atoms. The number of hydrazone groups is 1. The molecule has 8 heteroatoms. The number of rotatable bonds is 6. The first-order valence-corrected chi connectivity index (χ1v) is 7.37. The summed E-state index contributed by atoms with van der Waals surface area (Å²) in [6.07, 6.45) is 2.93. The fourth-order valence-corrected chi connectivity index (χ4v) is 1.94. The van der Waals surface area contributed by atoms with Gasteiger partial charge in [-0.15, -0.1) is 0 Å². The summed E-state index contributed by atoms with van der Waals surface area (Å²) in [4.78, 5) is 14.6. The monoisotopic (exact) mass is 339 g/mol. The van der Waals surface area contributed by atoms with Crippen LogP contribution in [0.15, 0.2) is 64.6 Å². The van der Waals surface area contributed by atoms with E-state index in [0.717, 1.165) is 11.1 Å². The van der Waals surface area contributed by atoms with Gasteiger partial charge in [-0.1, -0.05) is 12.1 Å². The first-order chi connectivity index (χ1) is 12.2. The van der Waals surface area contributed by atoms with Crippen molar-refractivity contribution in [1.82, 2.24) is 15.2 Å². The van der Waals surface area contributed by atoms with Gasteiger partial charge in [-0.3, -0.25) is 5.43 Å². The molecule has 25 heavy (non-hydrogen) atoms. The minimum absolute atomic E-state index is 0.249. The van der Waals surface area contributed by atoms with E-state index in [-0.39, 0.29) is 11.6 Å². The van der Waals surface area contributed by atoms with E-state index < -0.39 is 5.69 Å². The minimum atomic E-state index is -0.553. The molecule has 0 amide bonds. The van der Waals surface area contributed by atoms with Crippen LogP contribution in [0.3, 0.4) is 0 Å². The van der Waals surface area contributed by atoms with Crippen LogP contribution in [0.4, 0.5) is 10.2 Å². The summed E-state index contributed by atoms with van der Waals surface area (Å²) < 4.78 is 18.5. The molecule has 1 heterocycles. The van der Waals surface area contributed by atoms with Gasteiger partial charge in [0, 0.05) is 0 Å². The highest BCUT2D eigenvalue weighted by Crippen LogP contribution is 2.14. The molecule has 0 aliphatic carbocycles. The Balaban J connectivity index is 1.53. The molecule has 3 aromatic rings. The third kappa shape index (κ3) is 4.96. The zero-order valence-corrected chi connectivity index (χ0v) is 13.0. The highest BCUT2D eigenvalue weighted by molar-refractivity contribution is 5.80. The maximum absolute atomic E-state index is 12.8. The lowest BCUT2D eigenvalue weighted by Crippen LogP contribution is -2.13.